The molecule has 0 spiro atoms. The van der Waals surface area contributed by atoms with Crippen LogP contribution in [-0.4, -0.2) is 30.4 Å². The van der Waals surface area contributed by atoms with Gasteiger partial charge in [-0.15, -0.1) is 0 Å². The van der Waals surface area contributed by atoms with Gasteiger partial charge in [0.25, 0.3) is 0 Å². The van der Waals surface area contributed by atoms with Gasteiger partial charge in [-0.2, -0.15) is 0 Å². The van der Waals surface area contributed by atoms with E-state index in [0.717, 1.165) is 25.7 Å². The fraction of sp³-hybridized carbons (Fsp3) is 0.840. The van der Waals surface area contributed by atoms with Gasteiger partial charge in [0.05, 0.1) is 7.11 Å². The van der Waals surface area contributed by atoms with Gasteiger partial charge in [-0.05, 0) is 60.7 Å². The van der Waals surface area contributed by atoms with Crippen LogP contribution in [0.5, 0.6) is 0 Å². The van der Waals surface area contributed by atoms with Gasteiger partial charge in [0.2, 0.25) is 0 Å². The molecule has 8 atom stereocenters. The minimum atomic E-state index is -0.472. The van der Waals surface area contributed by atoms with Gasteiger partial charge in [-0.3, -0.25) is 19.2 Å². The molecular formula is C25H36O5. The first-order valence-electron chi connectivity index (χ1n) is 11.8. The lowest BCUT2D eigenvalue weighted by Crippen LogP contribution is -2.60. The molecule has 4 rings (SSSR count). The molecule has 0 aromatic carbocycles. The van der Waals surface area contributed by atoms with Crippen LogP contribution in [0.1, 0.15) is 78.6 Å². The highest BCUT2D eigenvalue weighted by atomic mass is 16.5. The lowest BCUT2D eigenvalue weighted by molar-refractivity contribution is -0.166. The molecule has 0 aliphatic heterocycles. The third-order valence-electron chi connectivity index (χ3n) is 9.94. The van der Waals surface area contributed by atoms with Crippen molar-refractivity contribution in [1.29, 1.82) is 0 Å². The molecule has 4 saturated carbocycles. The van der Waals surface area contributed by atoms with E-state index in [1.807, 2.05) is 0 Å². The molecule has 0 radical (unpaired) electrons. The molecule has 0 N–H and O–H groups in total. The highest BCUT2D eigenvalue weighted by molar-refractivity contribution is 5.93. The molecule has 0 aromatic rings. The average Bonchev–Trinajstić information content (AvgIpc) is 3.06. The smallest absolute Gasteiger partial charge is 0.305 e. The van der Waals surface area contributed by atoms with E-state index in [2.05, 4.69) is 20.8 Å². The second-order valence-electron chi connectivity index (χ2n) is 11.0. The zero-order chi connectivity index (χ0) is 21.8. The maximum absolute atomic E-state index is 13.7. The average molecular weight is 417 g/mol. The fourth-order valence-corrected chi connectivity index (χ4v) is 8.04. The third-order valence-corrected chi connectivity index (χ3v) is 9.94. The van der Waals surface area contributed by atoms with Crippen molar-refractivity contribution in [3.05, 3.63) is 0 Å². The van der Waals surface area contributed by atoms with E-state index in [1.165, 1.54) is 7.11 Å². The summed E-state index contributed by atoms with van der Waals surface area (Å²) in [6, 6.07) is 0. The summed E-state index contributed by atoms with van der Waals surface area (Å²) in [6.07, 6.45) is 5.87. The van der Waals surface area contributed by atoms with Crippen molar-refractivity contribution in [2.24, 2.45) is 46.3 Å². The number of carbonyl (C=O) groups is 4. The lowest BCUT2D eigenvalue weighted by Gasteiger charge is -2.58. The Kier molecular flexibility index (Phi) is 5.47. The van der Waals surface area contributed by atoms with Crippen molar-refractivity contribution in [3.63, 3.8) is 0 Å². The first-order valence-corrected chi connectivity index (χ1v) is 11.8. The number of fused-ring (bicyclic) bond motifs is 5. The van der Waals surface area contributed by atoms with Crippen LogP contribution >= 0.6 is 0 Å². The number of methoxy groups -OCH3 is 1. The summed E-state index contributed by atoms with van der Waals surface area (Å²) in [5.41, 5.74) is -0.544. The van der Waals surface area contributed by atoms with Crippen LogP contribution in [0.15, 0.2) is 0 Å². The Hall–Kier alpha value is -1.52. The molecule has 0 heterocycles. The molecule has 0 amide bonds. The Morgan fingerprint density at radius 2 is 1.83 bits per heavy atom. The van der Waals surface area contributed by atoms with Crippen molar-refractivity contribution in [3.8, 4) is 0 Å². The SMILES string of the molecule is COC(=O)CC[C@H](C)[C@H]1CC[C@@H]2[C@@H]3C(=O)C[C@@H]4CC(=O)CC[C@]4(C)[C@H]3CC(=O)[C@@]21C. The number of carbonyl (C=O) groups excluding carboxylic acids is 4. The molecule has 4 aliphatic rings. The van der Waals surface area contributed by atoms with E-state index in [-0.39, 0.29) is 52.7 Å². The van der Waals surface area contributed by atoms with Crippen molar-refractivity contribution < 1.29 is 23.9 Å². The molecule has 30 heavy (non-hydrogen) atoms. The molecule has 0 bridgehead atoms. The predicted octanol–water partition coefficient (Wildman–Crippen LogP) is 4.16. The van der Waals surface area contributed by atoms with Crippen LogP contribution in [0.2, 0.25) is 0 Å². The van der Waals surface area contributed by atoms with Crippen molar-refractivity contribution in [1.82, 2.24) is 0 Å². The Balaban J connectivity index is 1.60. The Morgan fingerprint density at radius 3 is 2.53 bits per heavy atom. The number of ether oxygens (including phenoxy) is 1. The maximum atomic E-state index is 13.7. The van der Waals surface area contributed by atoms with Crippen molar-refractivity contribution in [2.75, 3.05) is 7.11 Å². The van der Waals surface area contributed by atoms with Gasteiger partial charge < -0.3 is 4.74 Å². The standard InChI is InChI=1S/C25H36O5/c1-14(5-8-22(29)30-4)17-6-7-18-23-19(13-21(28)25(17,18)3)24(2)10-9-16(26)11-15(24)12-20(23)27/h14-15,17-19,23H,5-13H2,1-4H3/t14-,15-,17+,18+,19-,23-,24-,25+/m0/s1. The molecule has 5 heteroatoms. The van der Waals surface area contributed by atoms with E-state index in [4.69, 9.17) is 4.74 Å². The molecule has 4 fully saturated rings. The van der Waals surface area contributed by atoms with Crippen LogP contribution in [0.3, 0.4) is 0 Å². The lowest BCUT2D eigenvalue weighted by atomic mass is 9.44. The zero-order valence-electron chi connectivity index (χ0n) is 18.9. The predicted molar refractivity (Wildman–Crippen MR) is 111 cm³/mol. The summed E-state index contributed by atoms with van der Waals surface area (Å²) in [5.74, 6) is 1.41. The Morgan fingerprint density at radius 1 is 1.10 bits per heavy atom. The van der Waals surface area contributed by atoms with Crippen LogP contribution < -0.4 is 0 Å². The second kappa shape index (κ2) is 7.56. The molecule has 0 aromatic heterocycles. The summed E-state index contributed by atoms with van der Waals surface area (Å²) in [7, 11) is 1.41. The summed E-state index contributed by atoms with van der Waals surface area (Å²) < 4.78 is 4.80. The number of hydrogen-bond donors (Lipinski definition) is 0. The number of ketones is 3. The Bertz CT molecular complexity index is 772. The zero-order valence-corrected chi connectivity index (χ0v) is 18.9. The monoisotopic (exact) mass is 416 g/mol. The van der Waals surface area contributed by atoms with E-state index in [9.17, 15) is 19.2 Å². The molecule has 4 aliphatic carbocycles. The van der Waals surface area contributed by atoms with Crippen LogP contribution in [0, 0.1) is 46.3 Å². The van der Waals surface area contributed by atoms with Gasteiger partial charge in [-0.1, -0.05) is 20.8 Å². The van der Waals surface area contributed by atoms with Gasteiger partial charge in [0, 0.05) is 43.4 Å². The van der Waals surface area contributed by atoms with Crippen LogP contribution in [-0.2, 0) is 23.9 Å². The minimum Gasteiger partial charge on any atom is -0.469 e. The number of esters is 1. The summed E-state index contributed by atoms with van der Waals surface area (Å²) >= 11 is 0. The van der Waals surface area contributed by atoms with Crippen molar-refractivity contribution >= 4 is 23.3 Å². The largest absolute Gasteiger partial charge is 0.469 e. The summed E-state index contributed by atoms with van der Waals surface area (Å²) in [5, 5.41) is 0. The Labute approximate surface area is 179 Å². The summed E-state index contributed by atoms with van der Waals surface area (Å²) in [4.78, 5) is 50.7. The van der Waals surface area contributed by atoms with Gasteiger partial charge in [0.15, 0.2) is 0 Å². The van der Waals surface area contributed by atoms with Gasteiger partial charge >= 0.3 is 5.97 Å². The van der Waals surface area contributed by atoms with E-state index in [1.54, 1.807) is 0 Å². The third kappa shape index (κ3) is 3.10. The quantitative estimate of drug-likeness (QED) is 0.643. The molecule has 166 valence electrons. The van der Waals surface area contributed by atoms with E-state index >= 15 is 0 Å². The van der Waals surface area contributed by atoms with Crippen LogP contribution in [0.25, 0.3) is 0 Å². The normalized spacial score (nSPS) is 44.1. The first-order chi connectivity index (χ1) is 14.1. The number of Topliss-reactive ketones (excluding diaryl/α,β-unsaturated/α-hetero) is 3. The topological polar surface area (TPSA) is 77.5 Å². The van der Waals surface area contributed by atoms with Gasteiger partial charge in [-0.25, -0.2) is 0 Å². The summed E-state index contributed by atoms with van der Waals surface area (Å²) in [6.45, 7) is 6.50. The molecule has 5 nitrogen and oxygen atoms in total. The molecule has 0 saturated heterocycles. The van der Waals surface area contributed by atoms with E-state index < -0.39 is 5.41 Å². The highest BCUT2D eigenvalue weighted by Crippen LogP contribution is 2.66. The van der Waals surface area contributed by atoms with Gasteiger partial charge in [0.1, 0.15) is 17.3 Å². The number of rotatable bonds is 4. The number of hydrogen-bond acceptors (Lipinski definition) is 5. The second-order valence-corrected chi connectivity index (χ2v) is 11.0. The maximum Gasteiger partial charge on any atom is 0.305 e. The molecule has 0 unspecified atom stereocenters. The molecular weight excluding hydrogens is 380 g/mol. The fourth-order valence-electron chi connectivity index (χ4n) is 8.04. The first kappa shape index (κ1) is 21.7. The highest BCUT2D eigenvalue weighted by Gasteiger charge is 2.66. The van der Waals surface area contributed by atoms with Crippen LogP contribution in [0.4, 0.5) is 0 Å². The minimum absolute atomic E-state index is 0.0417. The van der Waals surface area contributed by atoms with Crippen molar-refractivity contribution in [2.45, 2.75) is 78.6 Å². The van der Waals surface area contributed by atoms with E-state index in [0.29, 0.717) is 43.7 Å².